The summed E-state index contributed by atoms with van der Waals surface area (Å²) in [6.07, 6.45) is 5.94. The first-order valence-corrected chi connectivity index (χ1v) is 9.21. The topological polar surface area (TPSA) is 45.2 Å². The molecule has 1 unspecified atom stereocenters. The predicted molar refractivity (Wildman–Crippen MR) is 99.8 cm³/mol. The Morgan fingerprint density at radius 3 is 2.76 bits per heavy atom. The van der Waals surface area contributed by atoms with Gasteiger partial charge in [-0.25, -0.2) is 0 Å². The summed E-state index contributed by atoms with van der Waals surface area (Å²) >= 11 is 0. The highest BCUT2D eigenvalue weighted by Gasteiger charge is 2.44. The zero-order valence-corrected chi connectivity index (χ0v) is 14.7. The van der Waals surface area contributed by atoms with Gasteiger partial charge in [0.2, 0.25) is 0 Å². The Hall–Kier alpha value is -2.36. The summed E-state index contributed by atoms with van der Waals surface area (Å²) in [6, 6.07) is 14.3. The first kappa shape index (κ1) is 16.1. The molecule has 1 amide bonds. The first-order valence-electron chi connectivity index (χ1n) is 9.21. The molecule has 1 saturated heterocycles. The summed E-state index contributed by atoms with van der Waals surface area (Å²) in [7, 11) is 0. The highest BCUT2D eigenvalue weighted by atomic mass is 16.2. The van der Waals surface area contributed by atoms with Crippen LogP contribution in [0, 0.1) is 5.92 Å². The third-order valence-electron chi connectivity index (χ3n) is 5.38. The average molecular weight is 335 g/mol. The van der Waals surface area contributed by atoms with E-state index in [4.69, 9.17) is 0 Å². The number of amides is 1. The van der Waals surface area contributed by atoms with E-state index in [0.717, 1.165) is 38.0 Å². The highest BCUT2D eigenvalue weighted by molar-refractivity contribution is 5.94. The molecule has 2 fully saturated rings. The van der Waals surface area contributed by atoms with Crippen molar-refractivity contribution < 1.29 is 4.79 Å². The number of aromatic nitrogens is 1. The summed E-state index contributed by atoms with van der Waals surface area (Å²) in [5.41, 5.74) is 2.82. The maximum absolute atomic E-state index is 12.7. The van der Waals surface area contributed by atoms with Crippen LogP contribution in [0.2, 0.25) is 0 Å². The molecule has 1 atom stereocenters. The van der Waals surface area contributed by atoms with Crippen molar-refractivity contribution in [2.75, 3.05) is 18.0 Å². The van der Waals surface area contributed by atoms with Gasteiger partial charge in [-0.1, -0.05) is 37.3 Å². The summed E-state index contributed by atoms with van der Waals surface area (Å²) < 4.78 is 0. The molecular weight excluding hydrogens is 310 g/mol. The van der Waals surface area contributed by atoms with Crippen LogP contribution in [0.1, 0.15) is 42.2 Å². The highest BCUT2D eigenvalue weighted by Crippen LogP contribution is 2.39. The molecule has 0 bridgehead atoms. The number of anilines is 1. The Labute approximate surface area is 149 Å². The van der Waals surface area contributed by atoms with Crippen LogP contribution in [0.15, 0.2) is 48.7 Å². The van der Waals surface area contributed by atoms with E-state index < -0.39 is 0 Å². The molecule has 1 aromatic heterocycles. The molecule has 1 saturated carbocycles. The van der Waals surface area contributed by atoms with Crippen LogP contribution in [0.4, 0.5) is 5.69 Å². The van der Waals surface area contributed by atoms with Gasteiger partial charge in [0.1, 0.15) is 5.69 Å². The lowest BCUT2D eigenvalue weighted by molar-refractivity contribution is 0.0926. The molecule has 4 nitrogen and oxygen atoms in total. The number of benzene rings is 1. The number of hydrogen-bond acceptors (Lipinski definition) is 3. The number of pyridine rings is 1. The molecular formula is C21H25N3O. The average Bonchev–Trinajstić information content (AvgIpc) is 3.23. The van der Waals surface area contributed by atoms with Gasteiger partial charge in [-0.2, -0.15) is 0 Å². The molecule has 1 aliphatic carbocycles. The molecule has 2 aliphatic rings. The fourth-order valence-corrected chi connectivity index (χ4v) is 3.70. The van der Waals surface area contributed by atoms with E-state index in [2.05, 4.69) is 46.4 Å². The zero-order valence-electron chi connectivity index (χ0n) is 14.7. The summed E-state index contributed by atoms with van der Waals surface area (Å²) in [5, 5.41) is 3.24. The summed E-state index contributed by atoms with van der Waals surface area (Å²) in [4.78, 5) is 19.4. The van der Waals surface area contributed by atoms with Gasteiger partial charge in [0.25, 0.3) is 5.91 Å². The number of nitrogens with zero attached hydrogens (tertiary/aromatic N) is 2. The smallest absolute Gasteiger partial charge is 0.270 e. The van der Waals surface area contributed by atoms with Crippen LogP contribution < -0.4 is 10.2 Å². The van der Waals surface area contributed by atoms with Gasteiger partial charge in [0.15, 0.2) is 0 Å². The van der Waals surface area contributed by atoms with E-state index in [-0.39, 0.29) is 11.4 Å². The predicted octanol–water partition coefficient (Wildman–Crippen LogP) is 3.43. The maximum atomic E-state index is 12.7. The summed E-state index contributed by atoms with van der Waals surface area (Å²) in [5.74, 6) is 0.661. The Morgan fingerprint density at radius 1 is 1.28 bits per heavy atom. The molecule has 1 aromatic carbocycles. The van der Waals surface area contributed by atoms with Gasteiger partial charge in [-0.15, -0.1) is 0 Å². The van der Waals surface area contributed by atoms with Gasteiger partial charge in [0.05, 0.1) is 0 Å². The molecule has 2 aromatic rings. The fraction of sp³-hybridized carbons (Fsp3) is 0.429. The lowest BCUT2D eigenvalue weighted by Gasteiger charge is -2.20. The molecule has 2 heterocycles. The second-order valence-corrected chi connectivity index (χ2v) is 7.64. The molecule has 1 aliphatic heterocycles. The zero-order chi connectivity index (χ0) is 17.3. The lowest BCUT2D eigenvalue weighted by Crippen LogP contribution is -2.39. The van der Waals surface area contributed by atoms with E-state index in [1.807, 2.05) is 18.2 Å². The van der Waals surface area contributed by atoms with Crippen LogP contribution in [0.3, 0.4) is 0 Å². The van der Waals surface area contributed by atoms with Crippen LogP contribution in [-0.2, 0) is 6.42 Å². The van der Waals surface area contributed by atoms with Crippen LogP contribution in [0.5, 0.6) is 0 Å². The maximum Gasteiger partial charge on any atom is 0.270 e. The lowest BCUT2D eigenvalue weighted by atomic mass is 10.0. The van der Waals surface area contributed by atoms with Gasteiger partial charge < -0.3 is 10.2 Å². The van der Waals surface area contributed by atoms with Crippen LogP contribution in [0.25, 0.3) is 0 Å². The van der Waals surface area contributed by atoms with Crippen molar-refractivity contribution in [3.63, 3.8) is 0 Å². The van der Waals surface area contributed by atoms with Crippen molar-refractivity contribution in [2.24, 2.45) is 5.92 Å². The van der Waals surface area contributed by atoms with E-state index in [9.17, 15) is 4.79 Å². The Bertz CT molecular complexity index is 755. The van der Waals surface area contributed by atoms with Crippen molar-refractivity contribution in [2.45, 2.75) is 38.1 Å². The quantitative estimate of drug-likeness (QED) is 0.910. The molecule has 25 heavy (non-hydrogen) atoms. The van der Waals surface area contributed by atoms with Gasteiger partial charge in [-0.05, 0) is 49.3 Å². The molecule has 4 rings (SSSR count). The Balaban J connectivity index is 1.44. The monoisotopic (exact) mass is 335 g/mol. The van der Waals surface area contributed by atoms with Crippen molar-refractivity contribution in [1.29, 1.82) is 0 Å². The third-order valence-corrected chi connectivity index (χ3v) is 5.38. The minimum absolute atomic E-state index is 0.0532. The molecule has 4 heteroatoms. The van der Waals surface area contributed by atoms with E-state index in [1.165, 1.54) is 12.0 Å². The summed E-state index contributed by atoms with van der Waals surface area (Å²) in [6.45, 7) is 4.39. The third kappa shape index (κ3) is 3.68. The number of carbonyl (C=O) groups is 1. The minimum Gasteiger partial charge on any atom is -0.371 e. The fourth-order valence-electron chi connectivity index (χ4n) is 3.70. The van der Waals surface area contributed by atoms with Gasteiger partial charge in [0, 0.05) is 30.5 Å². The minimum atomic E-state index is -0.0850. The van der Waals surface area contributed by atoms with Crippen LogP contribution in [-0.4, -0.2) is 29.5 Å². The van der Waals surface area contributed by atoms with Crippen molar-refractivity contribution >= 4 is 11.6 Å². The van der Waals surface area contributed by atoms with Gasteiger partial charge >= 0.3 is 0 Å². The largest absolute Gasteiger partial charge is 0.371 e. The Kier molecular flexibility index (Phi) is 4.20. The van der Waals surface area contributed by atoms with E-state index >= 15 is 0 Å². The molecule has 1 N–H and O–H groups in total. The second kappa shape index (κ2) is 6.51. The second-order valence-electron chi connectivity index (χ2n) is 7.64. The standard InChI is InChI=1S/C21H25N3O/c1-16-8-12-24(15-16)18-7-11-22-19(13-18)20(25)23-21(9-10-21)14-17-5-3-2-4-6-17/h2-7,11,13,16H,8-10,12,14-15H2,1H3,(H,23,25). The van der Waals surface area contributed by atoms with Crippen LogP contribution >= 0.6 is 0 Å². The van der Waals surface area contributed by atoms with Gasteiger partial charge in [-0.3, -0.25) is 9.78 Å². The molecule has 130 valence electrons. The van der Waals surface area contributed by atoms with Crippen molar-refractivity contribution in [3.05, 3.63) is 59.9 Å². The number of nitrogens with one attached hydrogen (secondary N) is 1. The molecule has 0 spiro atoms. The SMILES string of the molecule is CC1CCN(c2ccnc(C(=O)NC3(Cc4ccccc4)CC3)c2)C1. The van der Waals surface area contributed by atoms with E-state index in [0.29, 0.717) is 11.6 Å². The number of rotatable bonds is 5. The normalized spacial score (nSPS) is 21.2. The first-order chi connectivity index (χ1) is 12.1. The van der Waals surface area contributed by atoms with E-state index in [1.54, 1.807) is 6.20 Å². The number of carbonyl (C=O) groups excluding carboxylic acids is 1. The molecule has 0 radical (unpaired) electrons. The van der Waals surface area contributed by atoms with Crippen molar-refractivity contribution in [1.82, 2.24) is 10.3 Å². The number of hydrogen-bond donors (Lipinski definition) is 1. The Morgan fingerprint density at radius 2 is 2.08 bits per heavy atom. The van der Waals surface area contributed by atoms with Crippen molar-refractivity contribution in [3.8, 4) is 0 Å².